The Kier molecular flexibility index (Phi) is 11.5. The van der Waals surface area contributed by atoms with Crippen LogP contribution in [0.4, 0.5) is 13.2 Å². The molecule has 1 fully saturated rings. The van der Waals surface area contributed by atoms with Gasteiger partial charge in [-0.3, -0.25) is 9.59 Å². The number of carbonyl (C=O) groups excluding carboxylic acids is 2. The van der Waals surface area contributed by atoms with E-state index in [1.165, 1.54) is 6.07 Å². The standard InChI is InChI=1S/C28H35Cl2F3N4O2/c1-3-19(20-7-5-4-6-8-20)17-37-14-12-22(16-35-26(38)21-9-10-23(29)24(30)15-21)36-25(27(37)39)11-13-34-18(2)28(31,32)33/h4-10,15,18-19,22,25,34,36H,3,11-14,16-17H2,1-2H3,(H,35,38)/t18?,19?,22-,25-/m0/s1. The van der Waals surface area contributed by atoms with Crippen molar-refractivity contribution in [3.05, 3.63) is 69.7 Å². The minimum absolute atomic E-state index is 0.0101. The molecule has 3 N–H and O–H groups in total. The van der Waals surface area contributed by atoms with Gasteiger partial charge in [-0.2, -0.15) is 13.2 Å². The maximum absolute atomic E-state index is 13.6. The number of hydrogen-bond acceptors (Lipinski definition) is 4. The van der Waals surface area contributed by atoms with Gasteiger partial charge >= 0.3 is 6.18 Å². The fraction of sp³-hybridized carbons (Fsp3) is 0.500. The molecule has 2 amide bonds. The molecule has 0 saturated carbocycles. The minimum atomic E-state index is -4.37. The number of nitrogens with one attached hydrogen (secondary N) is 3. The SMILES string of the molecule is CCC(CN1CC[C@@H](CNC(=O)c2ccc(Cl)c(Cl)c2)N[C@@H](CCNC(C)C(F)(F)F)C1=O)c1ccccc1. The van der Waals surface area contributed by atoms with Crippen molar-refractivity contribution in [3.63, 3.8) is 0 Å². The maximum Gasteiger partial charge on any atom is 0.403 e. The van der Waals surface area contributed by atoms with Crippen molar-refractivity contribution in [3.8, 4) is 0 Å². The normalized spacial score (nSPS) is 19.9. The highest BCUT2D eigenvalue weighted by Crippen LogP contribution is 2.24. The zero-order chi connectivity index (χ0) is 28.6. The molecule has 2 aromatic rings. The van der Waals surface area contributed by atoms with E-state index < -0.39 is 18.3 Å². The van der Waals surface area contributed by atoms with E-state index >= 15 is 0 Å². The van der Waals surface area contributed by atoms with Crippen LogP contribution in [0.1, 0.15) is 54.9 Å². The van der Waals surface area contributed by atoms with Gasteiger partial charge < -0.3 is 20.9 Å². The molecule has 4 atom stereocenters. The van der Waals surface area contributed by atoms with Gasteiger partial charge in [0.25, 0.3) is 5.91 Å². The molecule has 0 bridgehead atoms. The number of benzene rings is 2. The number of alkyl halides is 3. The lowest BCUT2D eigenvalue weighted by Gasteiger charge is -2.29. The van der Waals surface area contributed by atoms with Gasteiger partial charge in [-0.1, -0.05) is 60.5 Å². The summed E-state index contributed by atoms with van der Waals surface area (Å²) in [5.41, 5.74) is 1.49. The number of carbonyl (C=O) groups is 2. The highest BCUT2D eigenvalue weighted by molar-refractivity contribution is 6.42. The van der Waals surface area contributed by atoms with Crippen molar-refractivity contribution in [2.24, 2.45) is 0 Å². The predicted molar refractivity (Wildman–Crippen MR) is 148 cm³/mol. The van der Waals surface area contributed by atoms with Gasteiger partial charge in [-0.05, 0) is 56.5 Å². The molecule has 0 aromatic heterocycles. The molecule has 3 rings (SSSR count). The molecule has 0 radical (unpaired) electrons. The predicted octanol–water partition coefficient (Wildman–Crippen LogP) is 5.41. The Hall–Kier alpha value is -2.33. The van der Waals surface area contributed by atoms with Crippen LogP contribution < -0.4 is 16.0 Å². The Morgan fingerprint density at radius 2 is 1.87 bits per heavy atom. The molecule has 6 nitrogen and oxygen atoms in total. The van der Waals surface area contributed by atoms with Crippen molar-refractivity contribution in [1.29, 1.82) is 0 Å². The van der Waals surface area contributed by atoms with Gasteiger partial charge in [0, 0.05) is 37.2 Å². The zero-order valence-electron chi connectivity index (χ0n) is 22.0. The number of hydrogen-bond donors (Lipinski definition) is 3. The van der Waals surface area contributed by atoms with Gasteiger partial charge in [0.05, 0.1) is 16.1 Å². The molecule has 2 unspecified atom stereocenters. The molecule has 214 valence electrons. The number of halogens is 5. The lowest BCUT2D eigenvalue weighted by molar-refractivity contribution is -0.151. The third-order valence-electron chi connectivity index (χ3n) is 7.06. The van der Waals surface area contributed by atoms with Crippen LogP contribution >= 0.6 is 23.2 Å². The number of amides is 2. The van der Waals surface area contributed by atoms with Gasteiger partial charge in [-0.25, -0.2) is 0 Å². The van der Waals surface area contributed by atoms with E-state index in [2.05, 4.69) is 22.9 Å². The molecule has 0 aliphatic carbocycles. The second kappa shape index (κ2) is 14.3. The summed E-state index contributed by atoms with van der Waals surface area (Å²) < 4.78 is 38.9. The van der Waals surface area contributed by atoms with Crippen LogP contribution in [0.2, 0.25) is 10.0 Å². The van der Waals surface area contributed by atoms with E-state index in [0.717, 1.165) is 18.9 Å². The number of nitrogens with zero attached hydrogens (tertiary/aromatic N) is 1. The Labute approximate surface area is 237 Å². The van der Waals surface area contributed by atoms with E-state index in [-0.39, 0.29) is 48.3 Å². The fourth-order valence-corrected chi connectivity index (χ4v) is 4.91. The molecule has 1 heterocycles. The van der Waals surface area contributed by atoms with Crippen LogP contribution in [-0.2, 0) is 4.79 Å². The molecule has 2 aromatic carbocycles. The highest BCUT2D eigenvalue weighted by atomic mass is 35.5. The van der Waals surface area contributed by atoms with Gasteiger partial charge in [0.1, 0.15) is 6.04 Å². The van der Waals surface area contributed by atoms with Crippen LogP contribution in [0.25, 0.3) is 0 Å². The number of rotatable bonds is 11. The first-order valence-electron chi connectivity index (χ1n) is 13.1. The monoisotopic (exact) mass is 586 g/mol. The van der Waals surface area contributed by atoms with Crippen LogP contribution in [0.3, 0.4) is 0 Å². The summed E-state index contributed by atoms with van der Waals surface area (Å²) in [5, 5.41) is 9.24. The molecule has 1 aliphatic heterocycles. The maximum atomic E-state index is 13.6. The van der Waals surface area contributed by atoms with Crippen molar-refractivity contribution >= 4 is 35.0 Å². The summed E-state index contributed by atoms with van der Waals surface area (Å²) in [7, 11) is 0. The smallest absolute Gasteiger partial charge is 0.350 e. The molecule has 39 heavy (non-hydrogen) atoms. The Morgan fingerprint density at radius 1 is 1.15 bits per heavy atom. The third-order valence-corrected chi connectivity index (χ3v) is 7.80. The van der Waals surface area contributed by atoms with E-state index in [1.54, 1.807) is 17.0 Å². The lowest BCUT2D eigenvalue weighted by Crippen LogP contribution is -2.51. The average Bonchev–Trinajstić information content (AvgIpc) is 3.05. The summed E-state index contributed by atoms with van der Waals surface area (Å²) in [6.07, 6.45) is -2.79. The average molecular weight is 588 g/mol. The Morgan fingerprint density at radius 3 is 2.51 bits per heavy atom. The summed E-state index contributed by atoms with van der Waals surface area (Å²) >= 11 is 12.0. The van der Waals surface area contributed by atoms with E-state index in [0.29, 0.717) is 30.1 Å². The quantitative estimate of drug-likeness (QED) is 0.329. The molecule has 1 aliphatic rings. The second-order valence-corrected chi connectivity index (χ2v) is 10.7. The summed E-state index contributed by atoms with van der Waals surface area (Å²) in [6.45, 7) is 4.34. The summed E-state index contributed by atoms with van der Waals surface area (Å²) in [5.74, 6) is -0.357. The van der Waals surface area contributed by atoms with E-state index in [4.69, 9.17) is 23.2 Å². The second-order valence-electron chi connectivity index (χ2n) is 9.85. The van der Waals surface area contributed by atoms with Crippen LogP contribution in [0.15, 0.2) is 48.5 Å². The lowest BCUT2D eigenvalue weighted by atomic mass is 9.95. The van der Waals surface area contributed by atoms with Crippen LogP contribution in [0, 0.1) is 0 Å². The third kappa shape index (κ3) is 9.10. The first-order valence-corrected chi connectivity index (χ1v) is 13.9. The molecule has 1 saturated heterocycles. The summed E-state index contributed by atoms with van der Waals surface area (Å²) in [6, 6.07) is 11.9. The molecule has 0 spiro atoms. The molecule has 11 heteroatoms. The Balaban J connectivity index is 1.70. The van der Waals surface area contributed by atoms with Crippen molar-refractivity contribution in [2.45, 2.75) is 63.3 Å². The largest absolute Gasteiger partial charge is 0.403 e. The topological polar surface area (TPSA) is 73.5 Å². The Bertz CT molecular complexity index is 1100. The van der Waals surface area contributed by atoms with Gasteiger partial charge in [0.2, 0.25) is 5.91 Å². The van der Waals surface area contributed by atoms with Crippen molar-refractivity contribution in [1.82, 2.24) is 20.9 Å². The molecular formula is C28H35Cl2F3N4O2. The van der Waals surface area contributed by atoms with Crippen molar-refractivity contribution < 1.29 is 22.8 Å². The zero-order valence-corrected chi connectivity index (χ0v) is 23.5. The molecular weight excluding hydrogens is 552 g/mol. The van der Waals surface area contributed by atoms with E-state index in [9.17, 15) is 22.8 Å². The van der Waals surface area contributed by atoms with E-state index in [1.807, 2.05) is 30.3 Å². The van der Waals surface area contributed by atoms with Crippen LogP contribution in [-0.4, -0.2) is 67.2 Å². The van der Waals surface area contributed by atoms with Gasteiger partial charge in [-0.15, -0.1) is 0 Å². The minimum Gasteiger partial charge on any atom is -0.350 e. The highest BCUT2D eigenvalue weighted by Gasteiger charge is 2.36. The summed E-state index contributed by atoms with van der Waals surface area (Å²) in [4.78, 5) is 28.1. The van der Waals surface area contributed by atoms with Crippen molar-refractivity contribution in [2.75, 3.05) is 26.2 Å². The first-order chi connectivity index (χ1) is 18.5. The van der Waals surface area contributed by atoms with Crippen LogP contribution in [0.5, 0.6) is 0 Å². The first kappa shape index (κ1) is 31.2. The van der Waals surface area contributed by atoms with Gasteiger partial charge in [0.15, 0.2) is 0 Å². The fourth-order valence-electron chi connectivity index (χ4n) is 4.61.